The van der Waals surface area contributed by atoms with Gasteiger partial charge in [-0.05, 0) is 18.9 Å². The van der Waals surface area contributed by atoms with Crippen molar-refractivity contribution in [1.29, 1.82) is 0 Å². The maximum absolute atomic E-state index is 9.82. The van der Waals surface area contributed by atoms with E-state index in [0.29, 0.717) is 25.5 Å². The minimum absolute atomic E-state index is 0.147. The van der Waals surface area contributed by atoms with E-state index in [1.807, 2.05) is 18.2 Å². The van der Waals surface area contributed by atoms with Crippen molar-refractivity contribution >= 4 is 0 Å². The van der Waals surface area contributed by atoms with Gasteiger partial charge in [0.15, 0.2) is 0 Å². The van der Waals surface area contributed by atoms with Crippen molar-refractivity contribution in [2.75, 3.05) is 20.3 Å². The first-order valence-corrected chi connectivity index (χ1v) is 5.55. The molecule has 4 heteroatoms. The van der Waals surface area contributed by atoms with Crippen molar-refractivity contribution in [3.8, 4) is 5.88 Å². The number of pyridine rings is 1. The maximum Gasteiger partial charge on any atom is 0.213 e. The molecule has 1 N–H and O–H groups in total. The monoisotopic (exact) mass is 223 g/mol. The lowest BCUT2D eigenvalue weighted by atomic mass is 9.93. The molecule has 0 radical (unpaired) electrons. The van der Waals surface area contributed by atoms with Gasteiger partial charge in [-0.1, -0.05) is 6.07 Å². The van der Waals surface area contributed by atoms with Crippen LogP contribution in [0.2, 0.25) is 0 Å². The molecule has 16 heavy (non-hydrogen) atoms. The summed E-state index contributed by atoms with van der Waals surface area (Å²) in [7, 11) is 1.60. The van der Waals surface area contributed by atoms with Crippen LogP contribution in [0.4, 0.5) is 0 Å². The minimum atomic E-state index is -0.276. The quantitative estimate of drug-likeness (QED) is 0.831. The Morgan fingerprint density at radius 2 is 2.44 bits per heavy atom. The molecule has 0 spiro atoms. The summed E-state index contributed by atoms with van der Waals surface area (Å²) in [6.07, 6.45) is 1.18. The van der Waals surface area contributed by atoms with Gasteiger partial charge < -0.3 is 14.6 Å². The average Bonchev–Trinajstić information content (AvgIpc) is 2.32. The van der Waals surface area contributed by atoms with E-state index >= 15 is 0 Å². The maximum atomic E-state index is 9.82. The summed E-state index contributed by atoms with van der Waals surface area (Å²) in [6.45, 7) is 1.27. The van der Waals surface area contributed by atoms with Crippen LogP contribution in [-0.4, -0.2) is 36.5 Å². The number of aliphatic hydroxyl groups is 1. The van der Waals surface area contributed by atoms with E-state index in [-0.39, 0.29) is 12.0 Å². The third-order valence-corrected chi connectivity index (χ3v) is 2.90. The SMILES string of the molecule is COc1cccc(CC2COCCC2O)n1. The second-order valence-electron chi connectivity index (χ2n) is 4.07. The molecule has 2 rings (SSSR count). The predicted molar refractivity (Wildman–Crippen MR) is 59.4 cm³/mol. The molecule has 0 aliphatic carbocycles. The van der Waals surface area contributed by atoms with Crippen LogP contribution in [0, 0.1) is 5.92 Å². The fraction of sp³-hybridized carbons (Fsp3) is 0.583. The molecule has 1 saturated heterocycles. The molecule has 88 valence electrons. The van der Waals surface area contributed by atoms with Gasteiger partial charge in [0, 0.05) is 24.3 Å². The summed E-state index contributed by atoms with van der Waals surface area (Å²) >= 11 is 0. The highest BCUT2D eigenvalue weighted by molar-refractivity contribution is 5.16. The minimum Gasteiger partial charge on any atom is -0.481 e. The summed E-state index contributed by atoms with van der Waals surface area (Å²) in [5.41, 5.74) is 0.939. The van der Waals surface area contributed by atoms with Gasteiger partial charge >= 0.3 is 0 Å². The number of methoxy groups -OCH3 is 1. The Morgan fingerprint density at radius 3 is 3.19 bits per heavy atom. The third-order valence-electron chi connectivity index (χ3n) is 2.90. The summed E-state index contributed by atoms with van der Waals surface area (Å²) in [5, 5.41) is 9.82. The number of ether oxygens (including phenoxy) is 2. The summed E-state index contributed by atoms with van der Waals surface area (Å²) in [5.74, 6) is 0.761. The fourth-order valence-electron chi connectivity index (χ4n) is 1.93. The molecule has 0 saturated carbocycles. The van der Waals surface area contributed by atoms with Crippen molar-refractivity contribution in [2.45, 2.75) is 18.9 Å². The van der Waals surface area contributed by atoms with Gasteiger partial charge in [0.2, 0.25) is 5.88 Å². The van der Waals surface area contributed by atoms with Crippen LogP contribution in [0.1, 0.15) is 12.1 Å². The molecule has 0 bridgehead atoms. The van der Waals surface area contributed by atoms with E-state index in [9.17, 15) is 5.11 Å². The first kappa shape index (κ1) is 11.4. The van der Waals surface area contributed by atoms with Crippen molar-refractivity contribution in [3.05, 3.63) is 23.9 Å². The number of rotatable bonds is 3. The zero-order valence-corrected chi connectivity index (χ0v) is 9.43. The molecule has 1 fully saturated rings. The van der Waals surface area contributed by atoms with Crippen LogP contribution >= 0.6 is 0 Å². The Kier molecular flexibility index (Phi) is 3.74. The van der Waals surface area contributed by atoms with E-state index < -0.39 is 0 Å². The second-order valence-corrected chi connectivity index (χ2v) is 4.07. The Balaban J connectivity index is 2.01. The van der Waals surface area contributed by atoms with Crippen molar-refractivity contribution in [3.63, 3.8) is 0 Å². The standard InChI is InChI=1S/C12H17NO3/c1-15-12-4-2-3-10(13-12)7-9-8-16-6-5-11(9)14/h2-4,9,11,14H,5-8H2,1H3. The second kappa shape index (κ2) is 5.27. The van der Waals surface area contributed by atoms with Crippen molar-refractivity contribution in [1.82, 2.24) is 4.98 Å². The van der Waals surface area contributed by atoms with Crippen LogP contribution in [0.15, 0.2) is 18.2 Å². The van der Waals surface area contributed by atoms with E-state index in [1.54, 1.807) is 7.11 Å². The molecule has 4 nitrogen and oxygen atoms in total. The molecular weight excluding hydrogens is 206 g/mol. The zero-order chi connectivity index (χ0) is 11.4. The van der Waals surface area contributed by atoms with Crippen LogP contribution in [0.25, 0.3) is 0 Å². The molecule has 1 aliphatic rings. The largest absolute Gasteiger partial charge is 0.481 e. The van der Waals surface area contributed by atoms with Crippen LogP contribution in [-0.2, 0) is 11.2 Å². The highest BCUT2D eigenvalue weighted by atomic mass is 16.5. The van der Waals surface area contributed by atoms with Gasteiger partial charge in [0.1, 0.15) is 0 Å². The summed E-state index contributed by atoms with van der Waals surface area (Å²) in [4.78, 5) is 4.33. The number of hydrogen-bond acceptors (Lipinski definition) is 4. The van der Waals surface area contributed by atoms with Gasteiger partial charge in [0.25, 0.3) is 0 Å². The van der Waals surface area contributed by atoms with Gasteiger partial charge in [-0.25, -0.2) is 4.98 Å². The molecule has 2 heterocycles. The van der Waals surface area contributed by atoms with Gasteiger partial charge in [-0.15, -0.1) is 0 Å². The van der Waals surface area contributed by atoms with Crippen LogP contribution in [0.5, 0.6) is 5.88 Å². The lowest BCUT2D eigenvalue weighted by molar-refractivity contribution is -0.0354. The molecule has 2 unspecified atom stereocenters. The number of nitrogens with zero attached hydrogens (tertiary/aromatic N) is 1. The number of aromatic nitrogens is 1. The topological polar surface area (TPSA) is 51.6 Å². The van der Waals surface area contributed by atoms with E-state index in [1.165, 1.54) is 0 Å². The van der Waals surface area contributed by atoms with Crippen molar-refractivity contribution in [2.24, 2.45) is 5.92 Å². The molecular formula is C12H17NO3. The Bertz CT molecular complexity index is 343. The predicted octanol–water partition coefficient (Wildman–Crippen LogP) is 1.03. The molecule has 0 aromatic carbocycles. The lowest BCUT2D eigenvalue weighted by Crippen LogP contribution is -2.33. The molecule has 1 aromatic heterocycles. The fourth-order valence-corrected chi connectivity index (χ4v) is 1.93. The third kappa shape index (κ3) is 2.71. The Morgan fingerprint density at radius 1 is 1.56 bits per heavy atom. The number of hydrogen-bond donors (Lipinski definition) is 1. The van der Waals surface area contributed by atoms with E-state index in [4.69, 9.17) is 9.47 Å². The van der Waals surface area contributed by atoms with Crippen LogP contribution in [0.3, 0.4) is 0 Å². The summed E-state index contributed by atoms with van der Waals surface area (Å²) < 4.78 is 10.4. The van der Waals surface area contributed by atoms with Crippen LogP contribution < -0.4 is 4.74 Å². The molecule has 1 aromatic rings. The normalized spacial score (nSPS) is 25.4. The first-order valence-electron chi connectivity index (χ1n) is 5.55. The van der Waals surface area contributed by atoms with E-state index in [2.05, 4.69) is 4.98 Å². The highest BCUT2D eigenvalue weighted by Gasteiger charge is 2.24. The number of aliphatic hydroxyl groups excluding tert-OH is 1. The van der Waals surface area contributed by atoms with E-state index in [0.717, 1.165) is 12.1 Å². The van der Waals surface area contributed by atoms with Gasteiger partial charge in [0.05, 0.1) is 19.8 Å². The first-order chi connectivity index (χ1) is 7.79. The Hall–Kier alpha value is -1.13. The molecule has 0 amide bonds. The lowest BCUT2D eigenvalue weighted by Gasteiger charge is -2.27. The average molecular weight is 223 g/mol. The summed E-state index contributed by atoms with van der Waals surface area (Å²) in [6, 6.07) is 5.68. The highest BCUT2D eigenvalue weighted by Crippen LogP contribution is 2.19. The van der Waals surface area contributed by atoms with Gasteiger partial charge in [-0.3, -0.25) is 0 Å². The van der Waals surface area contributed by atoms with Gasteiger partial charge in [-0.2, -0.15) is 0 Å². The zero-order valence-electron chi connectivity index (χ0n) is 9.43. The molecule has 1 aliphatic heterocycles. The Labute approximate surface area is 95.2 Å². The van der Waals surface area contributed by atoms with Crippen molar-refractivity contribution < 1.29 is 14.6 Å². The smallest absolute Gasteiger partial charge is 0.213 e. The molecule has 2 atom stereocenters.